The SMILES string of the molecule is Cc1cc(Nc2ncnc3cc4c(nc23)N2CCN(C(=O)/C=C/[C@H](C)N(C)C)[C@@H](CO4)C2)ccc1Oc1ccn2ncnc2c1. The minimum atomic E-state index is -0.0893. The topological polar surface area (TPSA) is 126 Å². The van der Waals surface area contributed by atoms with Crippen molar-refractivity contribution in [2.75, 3.05) is 50.6 Å². The highest BCUT2D eigenvalue weighted by Gasteiger charge is 2.35. The van der Waals surface area contributed by atoms with E-state index in [1.807, 2.05) is 74.6 Å². The number of amides is 1. The number of nitrogens with one attached hydrogen (secondary N) is 1. The van der Waals surface area contributed by atoms with Gasteiger partial charge in [-0.1, -0.05) is 6.08 Å². The van der Waals surface area contributed by atoms with Crippen molar-refractivity contribution >= 4 is 39.9 Å². The van der Waals surface area contributed by atoms with E-state index in [4.69, 9.17) is 14.5 Å². The van der Waals surface area contributed by atoms with Crippen LogP contribution >= 0.6 is 0 Å². The van der Waals surface area contributed by atoms with Gasteiger partial charge in [0.1, 0.15) is 36.3 Å². The van der Waals surface area contributed by atoms with Gasteiger partial charge in [-0.15, -0.1) is 0 Å². The molecule has 5 aromatic rings. The van der Waals surface area contributed by atoms with Crippen LogP contribution in [0.25, 0.3) is 16.7 Å². The number of nitrogens with zero attached hydrogens (tertiary/aromatic N) is 9. The monoisotopic (exact) mass is 606 g/mol. The quantitative estimate of drug-likeness (QED) is 0.272. The molecule has 0 radical (unpaired) electrons. The number of hydrogen-bond donors (Lipinski definition) is 1. The third kappa shape index (κ3) is 5.69. The summed E-state index contributed by atoms with van der Waals surface area (Å²) in [5, 5.41) is 7.54. The zero-order valence-corrected chi connectivity index (χ0v) is 25.6. The van der Waals surface area contributed by atoms with E-state index in [-0.39, 0.29) is 18.0 Å². The predicted molar refractivity (Wildman–Crippen MR) is 170 cm³/mol. The number of rotatable bonds is 7. The van der Waals surface area contributed by atoms with Crippen LogP contribution in [0.1, 0.15) is 12.5 Å². The molecule has 13 heteroatoms. The first-order valence-corrected chi connectivity index (χ1v) is 14.9. The molecule has 13 nitrogen and oxygen atoms in total. The molecule has 2 atom stereocenters. The molecule has 7 rings (SSSR count). The summed E-state index contributed by atoms with van der Waals surface area (Å²) in [6.45, 7) is 6.30. The van der Waals surface area contributed by atoms with Crippen molar-refractivity contribution in [3.8, 4) is 17.2 Å². The van der Waals surface area contributed by atoms with Crippen molar-refractivity contribution in [3.05, 3.63) is 73.0 Å². The van der Waals surface area contributed by atoms with Gasteiger partial charge in [-0.3, -0.25) is 4.79 Å². The summed E-state index contributed by atoms with van der Waals surface area (Å²) < 4.78 is 14.1. The summed E-state index contributed by atoms with van der Waals surface area (Å²) in [4.78, 5) is 37.5. The molecular formula is C32H34N10O3. The Balaban J connectivity index is 1.10. The summed E-state index contributed by atoms with van der Waals surface area (Å²) in [7, 11) is 3.99. The Kier molecular flexibility index (Phi) is 7.37. The molecule has 1 amide bonds. The Labute approximate surface area is 260 Å². The first-order valence-electron chi connectivity index (χ1n) is 14.9. The minimum absolute atomic E-state index is 0.00137. The predicted octanol–water partition coefficient (Wildman–Crippen LogP) is 3.83. The fourth-order valence-corrected chi connectivity index (χ4v) is 5.50. The number of piperazine rings is 1. The number of carbonyl (C=O) groups excluding carboxylic acids is 1. The van der Waals surface area contributed by atoms with Crippen LogP contribution in [0, 0.1) is 6.92 Å². The molecule has 6 heterocycles. The van der Waals surface area contributed by atoms with E-state index in [1.165, 1.54) is 12.7 Å². The lowest BCUT2D eigenvalue weighted by Gasteiger charge is -2.39. The summed E-state index contributed by atoms with van der Waals surface area (Å²) in [6.07, 6.45) is 8.45. The van der Waals surface area contributed by atoms with Gasteiger partial charge < -0.3 is 29.5 Å². The highest BCUT2D eigenvalue weighted by atomic mass is 16.5. The molecular weight excluding hydrogens is 572 g/mol. The summed E-state index contributed by atoms with van der Waals surface area (Å²) in [5.41, 5.74) is 3.79. The van der Waals surface area contributed by atoms with Crippen molar-refractivity contribution < 1.29 is 14.3 Å². The highest BCUT2D eigenvalue weighted by molar-refractivity contribution is 5.90. The van der Waals surface area contributed by atoms with Crippen molar-refractivity contribution in [3.63, 3.8) is 0 Å². The van der Waals surface area contributed by atoms with E-state index < -0.39 is 0 Å². The van der Waals surface area contributed by atoms with Crippen molar-refractivity contribution in [1.29, 1.82) is 0 Å². The average molecular weight is 607 g/mol. The number of aryl methyl sites for hydroxylation is 1. The zero-order chi connectivity index (χ0) is 31.1. The Bertz CT molecular complexity index is 1920. The van der Waals surface area contributed by atoms with Gasteiger partial charge in [-0.2, -0.15) is 5.10 Å². The number of hydrogen-bond acceptors (Lipinski definition) is 11. The van der Waals surface area contributed by atoms with Crippen LogP contribution < -0.4 is 19.7 Å². The first kappa shape index (κ1) is 28.5. The summed E-state index contributed by atoms with van der Waals surface area (Å²) in [6, 6.07) is 11.5. The minimum Gasteiger partial charge on any atom is -0.487 e. The molecule has 1 fully saturated rings. The summed E-state index contributed by atoms with van der Waals surface area (Å²) >= 11 is 0. The van der Waals surface area contributed by atoms with Crippen LogP contribution in [0.4, 0.5) is 17.3 Å². The molecule has 0 saturated carbocycles. The largest absolute Gasteiger partial charge is 0.487 e. The molecule has 1 saturated heterocycles. The number of anilines is 3. The van der Waals surface area contributed by atoms with Gasteiger partial charge in [0.15, 0.2) is 23.0 Å². The van der Waals surface area contributed by atoms with Crippen molar-refractivity contribution in [1.82, 2.24) is 39.3 Å². The normalized spacial score (nSPS) is 17.0. The van der Waals surface area contributed by atoms with Gasteiger partial charge in [-0.05, 0) is 57.8 Å². The molecule has 0 aliphatic carbocycles. The van der Waals surface area contributed by atoms with E-state index in [2.05, 4.69) is 42.1 Å². The van der Waals surface area contributed by atoms with E-state index >= 15 is 0 Å². The number of pyridine rings is 2. The molecule has 0 spiro atoms. The lowest BCUT2D eigenvalue weighted by atomic mass is 10.1. The van der Waals surface area contributed by atoms with E-state index in [1.54, 1.807) is 10.6 Å². The van der Waals surface area contributed by atoms with Crippen LogP contribution in [0.3, 0.4) is 0 Å². The number of fused-ring (bicyclic) bond motifs is 6. The number of benzene rings is 1. The van der Waals surface area contributed by atoms with Crippen molar-refractivity contribution in [2.45, 2.75) is 25.9 Å². The van der Waals surface area contributed by atoms with Crippen LogP contribution in [-0.4, -0.2) is 97.7 Å². The molecule has 1 N–H and O–H groups in total. The number of aromatic nitrogens is 6. The molecule has 230 valence electrons. The Morgan fingerprint density at radius 3 is 2.87 bits per heavy atom. The number of carbonyl (C=O) groups is 1. The van der Waals surface area contributed by atoms with Gasteiger partial charge in [0.05, 0.1) is 11.6 Å². The van der Waals surface area contributed by atoms with E-state index in [0.29, 0.717) is 60.2 Å². The van der Waals surface area contributed by atoms with Crippen LogP contribution in [-0.2, 0) is 4.79 Å². The Hall–Kier alpha value is -5.30. The molecule has 4 aromatic heterocycles. The second kappa shape index (κ2) is 11.7. The van der Waals surface area contributed by atoms with Gasteiger partial charge in [0, 0.05) is 55.8 Å². The van der Waals surface area contributed by atoms with Crippen LogP contribution in [0.2, 0.25) is 0 Å². The highest BCUT2D eigenvalue weighted by Crippen LogP contribution is 2.36. The Morgan fingerprint density at radius 1 is 1.13 bits per heavy atom. The average Bonchev–Trinajstić information content (AvgIpc) is 3.46. The summed E-state index contributed by atoms with van der Waals surface area (Å²) in [5.74, 6) is 3.38. The lowest BCUT2D eigenvalue weighted by molar-refractivity contribution is -0.129. The van der Waals surface area contributed by atoms with Crippen LogP contribution in [0.5, 0.6) is 17.2 Å². The third-order valence-corrected chi connectivity index (χ3v) is 8.30. The molecule has 1 aromatic carbocycles. The maximum atomic E-state index is 13.1. The van der Waals surface area contributed by atoms with Crippen LogP contribution in [0.15, 0.2) is 67.4 Å². The molecule has 0 unspecified atom stereocenters. The van der Waals surface area contributed by atoms with Gasteiger partial charge in [0.25, 0.3) is 0 Å². The number of ether oxygens (including phenoxy) is 2. The van der Waals surface area contributed by atoms with E-state index in [0.717, 1.165) is 22.8 Å². The fourth-order valence-electron chi connectivity index (χ4n) is 5.50. The second-order valence-electron chi connectivity index (χ2n) is 11.5. The first-order chi connectivity index (χ1) is 21.8. The molecule has 2 bridgehead atoms. The fraction of sp³-hybridized carbons (Fsp3) is 0.312. The smallest absolute Gasteiger partial charge is 0.246 e. The van der Waals surface area contributed by atoms with Gasteiger partial charge in [0.2, 0.25) is 5.91 Å². The standard InChI is InChI=1S/C32H34N10O3/c1-20-13-22(6-7-26(20)45-24-9-10-42-28(14-24)34-19-36-42)37-31-30-25(33-18-35-31)15-27-32(38-30)40-11-12-41(23(16-40)17-44-27)29(43)8-5-21(2)39(3)4/h5-10,13-15,18-19,21,23H,11-12,16-17H2,1-4H3,(H,33,35,37)/b8-5+/t21-,23+/m0/s1. The Morgan fingerprint density at radius 2 is 2.02 bits per heavy atom. The van der Waals surface area contributed by atoms with Gasteiger partial charge >= 0.3 is 0 Å². The van der Waals surface area contributed by atoms with E-state index in [9.17, 15) is 4.79 Å². The second-order valence-corrected chi connectivity index (χ2v) is 11.5. The lowest BCUT2D eigenvalue weighted by Crippen LogP contribution is -2.56. The zero-order valence-electron chi connectivity index (χ0n) is 25.6. The maximum Gasteiger partial charge on any atom is 0.246 e. The maximum absolute atomic E-state index is 13.1. The molecule has 45 heavy (non-hydrogen) atoms. The number of likely N-dealkylation sites (N-methyl/N-ethyl adjacent to an activating group) is 1. The van der Waals surface area contributed by atoms with Gasteiger partial charge in [-0.25, -0.2) is 24.5 Å². The third-order valence-electron chi connectivity index (χ3n) is 8.30. The molecule has 2 aliphatic rings. The molecule has 2 aliphatic heterocycles. The van der Waals surface area contributed by atoms with Crippen molar-refractivity contribution in [2.24, 2.45) is 0 Å².